The highest BCUT2D eigenvalue weighted by Gasteiger charge is 2.16. The Hall–Kier alpha value is -3.03. The van der Waals surface area contributed by atoms with Crippen molar-refractivity contribution in [2.24, 2.45) is 5.10 Å². The monoisotopic (exact) mass is 541 g/mol. The first-order chi connectivity index (χ1) is 16.4. The molecule has 0 amide bonds. The van der Waals surface area contributed by atoms with Crippen molar-refractivity contribution in [2.45, 2.75) is 32.8 Å². The van der Waals surface area contributed by atoms with Crippen LogP contribution in [0.2, 0.25) is 5.02 Å². The van der Waals surface area contributed by atoms with E-state index in [0.717, 1.165) is 10.9 Å². The number of halogens is 3. The summed E-state index contributed by atoms with van der Waals surface area (Å²) in [5.74, 6) is 0.766. The normalized spacial score (nSPS) is 12.4. The van der Waals surface area contributed by atoms with Gasteiger partial charge in [0.05, 0.1) is 17.1 Å². The van der Waals surface area contributed by atoms with Crippen LogP contribution < -0.4 is 10.3 Å². The van der Waals surface area contributed by atoms with Crippen molar-refractivity contribution in [2.75, 3.05) is 0 Å². The fourth-order valence-corrected chi connectivity index (χ4v) is 3.98. The standard InChI is InChI=1S/C26H22BrClFN3O2/c1-3-16(2)25-31-23-9-7-19(27)13-22(23)26(33)32(25)30-14-18-12-20(28)8-10-24(18)34-15-17-5-4-6-21(29)11-17/h4-14,16H,3,15H2,1-2H3/t16-/m1/s1. The number of hydrogen-bond acceptors (Lipinski definition) is 4. The van der Waals surface area contributed by atoms with E-state index in [1.807, 2.05) is 26.0 Å². The lowest BCUT2D eigenvalue weighted by molar-refractivity contribution is 0.305. The zero-order valence-electron chi connectivity index (χ0n) is 18.6. The summed E-state index contributed by atoms with van der Waals surface area (Å²) < 4.78 is 21.5. The number of aromatic nitrogens is 2. The van der Waals surface area contributed by atoms with Crippen LogP contribution in [0.25, 0.3) is 10.9 Å². The molecule has 4 rings (SSSR count). The maximum Gasteiger partial charge on any atom is 0.282 e. The Morgan fingerprint density at radius 1 is 1.21 bits per heavy atom. The predicted octanol–water partition coefficient (Wildman–Crippen LogP) is 6.93. The molecule has 3 aromatic carbocycles. The van der Waals surface area contributed by atoms with Crippen molar-refractivity contribution in [1.29, 1.82) is 0 Å². The maximum absolute atomic E-state index is 13.5. The van der Waals surface area contributed by atoms with Gasteiger partial charge in [0, 0.05) is 21.0 Å². The molecule has 174 valence electrons. The van der Waals surface area contributed by atoms with E-state index in [9.17, 15) is 9.18 Å². The quantitative estimate of drug-likeness (QED) is 0.238. The molecule has 1 aromatic heterocycles. The van der Waals surface area contributed by atoms with Gasteiger partial charge in [0.15, 0.2) is 0 Å². The minimum absolute atomic E-state index is 0.0148. The van der Waals surface area contributed by atoms with Gasteiger partial charge in [-0.1, -0.05) is 53.5 Å². The molecule has 8 heteroatoms. The summed E-state index contributed by atoms with van der Waals surface area (Å²) in [6.07, 6.45) is 2.33. The number of ether oxygens (including phenoxy) is 1. The summed E-state index contributed by atoms with van der Waals surface area (Å²) in [6, 6.07) is 16.7. The minimum atomic E-state index is -0.327. The zero-order chi connectivity index (χ0) is 24.2. The first-order valence-corrected chi connectivity index (χ1v) is 12.0. The molecule has 0 bridgehead atoms. The highest BCUT2D eigenvalue weighted by molar-refractivity contribution is 9.10. The Balaban J connectivity index is 1.74. The van der Waals surface area contributed by atoms with E-state index < -0.39 is 0 Å². The van der Waals surface area contributed by atoms with E-state index in [0.29, 0.717) is 38.6 Å². The Labute approximate surface area is 210 Å². The third-order valence-corrected chi connectivity index (χ3v) is 6.18. The van der Waals surface area contributed by atoms with Gasteiger partial charge < -0.3 is 4.74 Å². The van der Waals surface area contributed by atoms with Gasteiger partial charge in [-0.2, -0.15) is 9.78 Å². The van der Waals surface area contributed by atoms with Crippen LogP contribution in [0.5, 0.6) is 5.75 Å². The second-order valence-electron chi connectivity index (χ2n) is 7.90. The molecule has 0 radical (unpaired) electrons. The molecule has 0 saturated carbocycles. The van der Waals surface area contributed by atoms with Gasteiger partial charge in [-0.15, -0.1) is 0 Å². The van der Waals surface area contributed by atoms with Crippen LogP contribution >= 0.6 is 27.5 Å². The number of nitrogens with zero attached hydrogens (tertiary/aromatic N) is 3. The molecular weight excluding hydrogens is 521 g/mol. The Morgan fingerprint density at radius 3 is 2.79 bits per heavy atom. The lowest BCUT2D eigenvalue weighted by Crippen LogP contribution is -2.23. The average molecular weight is 543 g/mol. The summed E-state index contributed by atoms with van der Waals surface area (Å²) in [5, 5.41) is 5.46. The minimum Gasteiger partial charge on any atom is -0.488 e. The highest BCUT2D eigenvalue weighted by Crippen LogP contribution is 2.24. The number of rotatable bonds is 7. The number of benzene rings is 3. The topological polar surface area (TPSA) is 56.5 Å². The van der Waals surface area contributed by atoms with Crippen LogP contribution in [0.3, 0.4) is 0 Å². The van der Waals surface area contributed by atoms with Crippen LogP contribution in [-0.4, -0.2) is 15.9 Å². The molecule has 0 unspecified atom stereocenters. The molecule has 4 aromatic rings. The molecule has 0 aliphatic rings. The van der Waals surface area contributed by atoms with E-state index in [-0.39, 0.29) is 23.9 Å². The van der Waals surface area contributed by atoms with Crippen molar-refractivity contribution in [3.8, 4) is 5.75 Å². The van der Waals surface area contributed by atoms with E-state index in [4.69, 9.17) is 21.3 Å². The van der Waals surface area contributed by atoms with Crippen molar-refractivity contribution in [1.82, 2.24) is 9.66 Å². The molecule has 0 spiro atoms. The zero-order valence-corrected chi connectivity index (χ0v) is 21.0. The van der Waals surface area contributed by atoms with Crippen LogP contribution in [0.4, 0.5) is 4.39 Å². The molecule has 0 N–H and O–H groups in total. The summed E-state index contributed by atoms with van der Waals surface area (Å²) in [4.78, 5) is 18.1. The van der Waals surface area contributed by atoms with Crippen molar-refractivity contribution in [3.63, 3.8) is 0 Å². The molecule has 1 atom stereocenters. The lowest BCUT2D eigenvalue weighted by atomic mass is 10.1. The Kier molecular flexibility index (Phi) is 7.44. The third-order valence-electron chi connectivity index (χ3n) is 5.45. The fourth-order valence-electron chi connectivity index (χ4n) is 3.44. The van der Waals surface area contributed by atoms with Crippen LogP contribution in [-0.2, 0) is 6.61 Å². The molecule has 0 saturated heterocycles. The molecule has 34 heavy (non-hydrogen) atoms. The predicted molar refractivity (Wildman–Crippen MR) is 138 cm³/mol. The van der Waals surface area contributed by atoms with E-state index >= 15 is 0 Å². The first-order valence-electron chi connectivity index (χ1n) is 10.8. The summed E-state index contributed by atoms with van der Waals surface area (Å²) in [6.45, 7) is 4.21. The van der Waals surface area contributed by atoms with Gasteiger partial charge >= 0.3 is 0 Å². The first kappa shape index (κ1) is 24.1. The van der Waals surface area contributed by atoms with Gasteiger partial charge in [-0.05, 0) is 60.5 Å². The smallest absolute Gasteiger partial charge is 0.282 e. The maximum atomic E-state index is 13.5. The van der Waals surface area contributed by atoms with Crippen LogP contribution in [0.1, 0.15) is 43.1 Å². The average Bonchev–Trinajstić information content (AvgIpc) is 2.82. The largest absolute Gasteiger partial charge is 0.488 e. The second kappa shape index (κ2) is 10.5. The molecule has 1 heterocycles. The van der Waals surface area contributed by atoms with Gasteiger partial charge in [-0.25, -0.2) is 9.37 Å². The SMILES string of the molecule is CC[C@@H](C)c1nc2ccc(Br)cc2c(=O)n1N=Cc1cc(Cl)ccc1OCc1cccc(F)c1. The highest BCUT2D eigenvalue weighted by atomic mass is 79.9. The molecule has 5 nitrogen and oxygen atoms in total. The van der Waals surface area contributed by atoms with Gasteiger partial charge in [-0.3, -0.25) is 4.79 Å². The van der Waals surface area contributed by atoms with E-state index in [2.05, 4.69) is 21.0 Å². The number of hydrogen-bond donors (Lipinski definition) is 0. The van der Waals surface area contributed by atoms with Gasteiger partial charge in [0.1, 0.15) is 24.0 Å². The molecule has 0 aliphatic carbocycles. The third kappa shape index (κ3) is 5.37. The van der Waals surface area contributed by atoms with Crippen molar-refractivity contribution >= 4 is 44.6 Å². The summed E-state index contributed by atoms with van der Waals surface area (Å²) in [5.41, 5.74) is 1.64. The number of fused-ring (bicyclic) bond motifs is 1. The second-order valence-corrected chi connectivity index (χ2v) is 9.26. The Bertz CT molecular complexity index is 1440. The lowest BCUT2D eigenvalue weighted by Gasteiger charge is -2.14. The Morgan fingerprint density at radius 2 is 2.03 bits per heavy atom. The van der Waals surface area contributed by atoms with Crippen molar-refractivity contribution < 1.29 is 9.13 Å². The summed E-state index contributed by atoms with van der Waals surface area (Å²) >= 11 is 9.63. The van der Waals surface area contributed by atoms with Crippen LogP contribution in [0.15, 0.2) is 75.0 Å². The van der Waals surface area contributed by atoms with Crippen LogP contribution in [0, 0.1) is 5.82 Å². The van der Waals surface area contributed by atoms with E-state index in [1.165, 1.54) is 23.0 Å². The fraction of sp³-hybridized carbons (Fsp3) is 0.192. The van der Waals surface area contributed by atoms with Gasteiger partial charge in [0.2, 0.25) is 0 Å². The van der Waals surface area contributed by atoms with E-state index in [1.54, 1.807) is 36.4 Å². The molecule has 0 fully saturated rings. The molecule has 0 aliphatic heterocycles. The molecular formula is C26H22BrClFN3O2. The van der Waals surface area contributed by atoms with Crippen molar-refractivity contribution in [3.05, 3.63) is 103 Å². The van der Waals surface area contributed by atoms with Gasteiger partial charge in [0.25, 0.3) is 5.56 Å². The summed E-state index contributed by atoms with van der Waals surface area (Å²) in [7, 11) is 0.